The molecule has 0 atom stereocenters. The number of ether oxygens (including phenoxy) is 1. The van der Waals surface area contributed by atoms with Gasteiger partial charge >= 0.3 is 0 Å². The Kier molecular flexibility index (Phi) is 6.06. The first-order valence-corrected chi connectivity index (χ1v) is 10.2. The number of anilines is 1. The van der Waals surface area contributed by atoms with Gasteiger partial charge in [0.1, 0.15) is 12.0 Å². The van der Waals surface area contributed by atoms with Gasteiger partial charge in [-0.25, -0.2) is 0 Å². The molecule has 8 heteroatoms. The molecule has 1 saturated carbocycles. The molecule has 2 heterocycles. The first-order chi connectivity index (χ1) is 14.1. The molecule has 4 rings (SSSR count). The highest BCUT2D eigenvalue weighted by molar-refractivity contribution is 6.30. The van der Waals surface area contributed by atoms with Gasteiger partial charge in [-0.2, -0.15) is 0 Å². The Bertz CT molecular complexity index is 903. The van der Waals surface area contributed by atoms with E-state index in [1.54, 1.807) is 0 Å². The molecule has 1 aromatic carbocycles. The number of hydrogen-bond donors (Lipinski definition) is 1. The highest BCUT2D eigenvalue weighted by Crippen LogP contribution is 2.20. The van der Waals surface area contributed by atoms with Crippen molar-refractivity contribution in [1.82, 2.24) is 10.2 Å². The van der Waals surface area contributed by atoms with E-state index in [2.05, 4.69) is 15.1 Å². The second-order valence-corrected chi connectivity index (χ2v) is 7.88. The second-order valence-electron chi connectivity index (χ2n) is 7.44. The standard InChI is InChI=1S/C21H24ClN3O4/c22-15-1-5-17(6-2-15)25-9-7-24(8-10-25)12-18-11-19(26)20(13-28-18)29-14-21(27)23-16-3-4-16/h1-2,5-6,11,13,16H,3-4,7-10,12,14H2,(H,23,27). The lowest BCUT2D eigenvalue weighted by atomic mass is 10.2. The van der Waals surface area contributed by atoms with Gasteiger partial charge in [0.25, 0.3) is 5.91 Å². The molecule has 29 heavy (non-hydrogen) atoms. The van der Waals surface area contributed by atoms with Gasteiger partial charge in [0, 0.05) is 49.0 Å². The number of carbonyl (C=O) groups excluding carboxylic acids is 1. The van der Waals surface area contributed by atoms with Crippen LogP contribution >= 0.6 is 11.6 Å². The van der Waals surface area contributed by atoms with Gasteiger partial charge in [-0.05, 0) is 37.1 Å². The molecule has 1 N–H and O–H groups in total. The molecule has 1 aliphatic carbocycles. The largest absolute Gasteiger partial charge is 0.477 e. The predicted octanol–water partition coefficient (Wildman–Crippen LogP) is 2.27. The van der Waals surface area contributed by atoms with E-state index >= 15 is 0 Å². The van der Waals surface area contributed by atoms with Crippen LogP contribution in [0.4, 0.5) is 5.69 Å². The van der Waals surface area contributed by atoms with Crippen molar-refractivity contribution < 1.29 is 13.9 Å². The first kappa shape index (κ1) is 19.8. The van der Waals surface area contributed by atoms with E-state index in [0.29, 0.717) is 12.3 Å². The van der Waals surface area contributed by atoms with Crippen LogP contribution in [0.25, 0.3) is 0 Å². The van der Waals surface area contributed by atoms with Crippen LogP contribution < -0.4 is 20.4 Å². The summed E-state index contributed by atoms with van der Waals surface area (Å²) in [5.41, 5.74) is 0.887. The lowest BCUT2D eigenvalue weighted by Crippen LogP contribution is -2.46. The van der Waals surface area contributed by atoms with Crippen molar-refractivity contribution in [3.8, 4) is 5.75 Å². The normalized spacial score (nSPS) is 17.2. The van der Waals surface area contributed by atoms with Gasteiger partial charge in [-0.3, -0.25) is 14.5 Å². The van der Waals surface area contributed by atoms with Crippen LogP contribution in [0.3, 0.4) is 0 Å². The van der Waals surface area contributed by atoms with Crippen LogP contribution in [0.5, 0.6) is 5.75 Å². The van der Waals surface area contributed by atoms with Crippen molar-refractivity contribution >= 4 is 23.2 Å². The van der Waals surface area contributed by atoms with E-state index in [0.717, 1.165) is 49.7 Å². The van der Waals surface area contributed by atoms with E-state index in [4.69, 9.17) is 20.8 Å². The minimum absolute atomic E-state index is 0.0623. The average Bonchev–Trinajstić information content (AvgIpc) is 3.53. The Labute approximate surface area is 174 Å². The predicted molar refractivity (Wildman–Crippen MR) is 111 cm³/mol. The molecule has 7 nitrogen and oxygen atoms in total. The van der Waals surface area contributed by atoms with Crippen molar-refractivity contribution in [3.05, 3.63) is 57.6 Å². The second kappa shape index (κ2) is 8.88. The summed E-state index contributed by atoms with van der Waals surface area (Å²) in [6.45, 7) is 3.91. The number of nitrogens with one attached hydrogen (secondary N) is 1. The molecule has 0 spiro atoms. The summed E-state index contributed by atoms with van der Waals surface area (Å²) < 4.78 is 10.9. The summed E-state index contributed by atoms with van der Waals surface area (Å²) in [4.78, 5) is 28.5. The van der Waals surface area contributed by atoms with Gasteiger partial charge in [0.15, 0.2) is 6.61 Å². The monoisotopic (exact) mass is 417 g/mol. The molecule has 154 valence electrons. The van der Waals surface area contributed by atoms with Crippen molar-refractivity contribution in [2.75, 3.05) is 37.7 Å². The minimum Gasteiger partial charge on any atom is -0.477 e. The zero-order chi connectivity index (χ0) is 20.2. The summed E-state index contributed by atoms with van der Waals surface area (Å²) >= 11 is 5.95. The zero-order valence-corrected chi connectivity index (χ0v) is 16.9. The number of hydrogen-bond acceptors (Lipinski definition) is 6. The van der Waals surface area contributed by atoms with E-state index in [1.807, 2.05) is 24.3 Å². The molecule has 2 aromatic rings. The fraction of sp³-hybridized carbons (Fsp3) is 0.429. The summed E-state index contributed by atoms with van der Waals surface area (Å²) in [7, 11) is 0. The SMILES string of the molecule is O=C(COc1coc(CN2CCN(c3ccc(Cl)cc3)CC2)cc1=O)NC1CC1. The Morgan fingerprint density at radius 3 is 2.55 bits per heavy atom. The molecular formula is C21H24ClN3O4. The van der Waals surface area contributed by atoms with E-state index in [1.165, 1.54) is 12.3 Å². The van der Waals surface area contributed by atoms with Crippen LogP contribution in [0, 0.1) is 0 Å². The van der Waals surface area contributed by atoms with E-state index < -0.39 is 0 Å². The number of piperazine rings is 1. The fourth-order valence-corrected chi connectivity index (χ4v) is 3.43. The van der Waals surface area contributed by atoms with Crippen molar-refractivity contribution in [3.63, 3.8) is 0 Å². The smallest absolute Gasteiger partial charge is 0.258 e. The third-order valence-electron chi connectivity index (χ3n) is 5.10. The lowest BCUT2D eigenvalue weighted by molar-refractivity contribution is -0.123. The maximum absolute atomic E-state index is 12.2. The quantitative estimate of drug-likeness (QED) is 0.745. The van der Waals surface area contributed by atoms with Gasteiger partial charge in [0.2, 0.25) is 11.2 Å². The molecular weight excluding hydrogens is 394 g/mol. The van der Waals surface area contributed by atoms with Crippen LogP contribution in [0.1, 0.15) is 18.6 Å². The molecule has 2 fully saturated rings. The first-order valence-electron chi connectivity index (χ1n) is 9.83. The third-order valence-corrected chi connectivity index (χ3v) is 5.35. The van der Waals surface area contributed by atoms with Crippen LogP contribution in [-0.2, 0) is 11.3 Å². The van der Waals surface area contributed by atoms with E-state index in [9.17, 15) is 9.59 Å². The molecule has 0 bridgehead atoms. The van der Waals surface area contributed by atoms with Crippen LogP contribution in [0.15, 0.2) is 45.8 Å². The molecule has 1 saturated heterocycles. The summed E-state index contributed by atoms with van der Waals surface area (Å²) in [5.74, 6) is 0.437. The van der Waals surface area contributed by atoms with Crippen molar-refractivity contribution in [2.45, 2.75) is 25.4 Å². The number of rotatable bonds is 7. The lowest BCUT2D eigenvalue weighted by Gasteiger charge is -2.35. The summed E-state index contributed by atoms with van der Waals surface area (Å²) in [5, 5.41) is 3.55. The van der Waals surface area contributed by atoms with Gasteiger partial charge in [-0.15, -0.1) is 0 Å². The number of carbonyl (C=O) groups is 1. The van der Waals surface area contributed by atoms with Crippen LogP contribution in [0.2, 0.25) is 5.02 Å². The van der Waals surface area contributed by atoms with Crippen LogP contribution in [-0.4, -0.2) is 49.6 Å². The molecule has 1 amide bonds. The Hall–Kier alpha value is -2.51. The Balaban J connectivity index is 1.26. The molecule has 0 radical (unpaired) electrons. The van der Waals surface area contributed by atoms with Gasteiger partial charge < -0.3 is 19.4 Å². The average molecular weight is 418 g/mol. The van der Waals surface area contributed by atoms with Crippen molar-refractivity contribution in [1.29, 1.82) is 0 Å². The number of halogens is 1. The zero-order valence-electron chi connectivity index (χ0n) is 16.1. The number of nitrogens with zero attached hydrogens (tertiary/aromatic N) is 2. The maximum atomic E-state index is 12.2. The van der Waals surface area contributed by atoms with Crippen molar-refractivity contribution in [2.24, 2.45) is 0 Å². The summed E-state index contributed by atoms with van der Waals surface area (Å²) in [6.07, 6.45) is 3.32. The van der Waals surface area contributed by atoms with E-state index in [-0.39, 0.29) is 29.7 Å². The number of amides is 1. The molecule has 1 aromatic heterocycles. The molecule has 0 unspecified atom stereocenters. The summed E-state index contributed by atoms with van der Waals surface area (Å²) in [6, 6.07) is 9.57. The number of benzene rings is 1. The third kappa shape index (κ3) is 5.52. The molecule has 1 aliphatic heterocycles. The highest BCUT2D eigenvalue weighted by atomic mass is 35.5. The highest BCUT2D eigenvalue weighted by Gasteiger charge is 2.23. The maximum Gasteiger partial charge on any atom is 0.258 e. The molecule has 2 aliphatic rings. The topological polar surface area (TPSA) is 75.0 Å². The van der Waals surface area contributed by atoms with Gasteiger partial charge in [0.05, 0.1) is 6.54 Å². The minimum atomic E-state index is -0.273. The Morgan fingerprint density at radius 2 is 1.90 bits per heavy atom. The van der Waals surface area contributed by atoms with Gasteiger partial charge in [-0.1, -0.05) is 11.6 Å². The Morgan fingerprint density at radius 1 is 1.17 bits per heavy atom. The fourth-order valence-electron chi connectivity index (χ4n) is 3.30.